The van der Waals surface area contributed by atoms with Crippen LogP contribution in [-0.2, 0) is 12.7 Å². The van der Waals surface area contributed by atoms with E-state index < -0.39 is 18.1 Å². The smallest absolute Gasteiger partial charge is 0.416 e. The molecule has 1 fully saturated rings. The molecular formula is C27H29F3N2O2. The number of aliphatic hydroxyl groups is 1. The van der Waals surface area contributed by atoms with Crippen LogP contribution < -0.4 is 10.1 Å². The number of alkyl halides is 3. The first-order valence-electron chi connectivity index (χ1n) is 11.3. The van der Waals surface area contributed by atoms with Crippen LogP contribution in [0.4, 0.5) is 13.2 Å². The van der Waals surface area contributed by atoms with Gasteiger partial charge in [-0.25, -0.2) is 0 Å². The van der Waals surface area contributed by atoms with Crippen LogP contribution in [0.2, 0.25) is 0 Å². The van der Waals surface area contributed by atoms with E-state index in [-0.39, 0.29) is 18.5 Å². The summed E-state index contributed by atoms with van der Waals surface area (Å²) in [5.41, 5.74) is 3.23. The molecule has 0 saturated carbocycles. The van der Waals surface area contributed by atoms with Crippen molar-refractivity contribution in [3.8, 4) is 16.9 Å². The third-order valence-corrected chi connectivity index (χ3v) is 6.30. The first-order chi connectivity index (χ1) is 16.2. The van der Waals surface area contributed by atoms with Crippen LogP contribution in [0, 0.1) is 0 Å². The van der Waals surface area contributed by atoms with Crippen molar-refractivity contribution in [3.63, 3.8) is 0 Å². The van der Waals surface area contributed by atoms with Gasteiger partial charge in [0.05, 0.1) is 12.7 Å². The maximum atomic E-state index is 13.6. The highest BCUT2D eigenvalue weighted by molar-refractivity contribution is 5.74. The van der Waals surface area contributed by atoms with Gasteiger partial charge in [0.2, 0.25) is 0 Å². The zero-order valence-corrected chi connectivity index (χ0v) is 19.4. The Labute approximate surface area is 198 Å². The van der Waals surface area contributed by atoms with Gasteiger partial charge in [0, 0.05) is 24.7 Å². The second-order valence-corrected chi connectivity index (χ2v) is 8.92. The van der Waals surface area contributed by atoms with E-state index in [1.807, 2.05) is 48.5 Å². The van der Waals surface area contributed by atoms with Gasteiger partial charge in [-0.1, -0.05) is 56.3 Å². The van der Waals surface area contributed by atoms with Gasteiger partial charge in [-0.05, 0) is 52.4 Å². The molecule has 1 saturated heterocycles. The lowest BCUT2D eigenvalue weighted by molar-refractivity contribution is -0.137. The summed E-state index contributed by atoms with van der Waals surface area (Å²) < 4.78 is 46.3. The molecule has 2 N–H and O–H groups in total. The van der Waals surface area contributed by atoms with Gasteiger partial charge in [-0.15, -0.1) is 0 Å². The Morgan fingerprint density at radius 3 is 2.41 bits per heavy atom. The average molecular weight is 471 g/mol. The number of nitrogens with one attached hydrogen (secondary N) is 1. The SMILES string of the molecule is COc1ccc(C(C)C)cc1-c1ccc(C(F)(F)F)cc1CN1C[C@@H](c2ccccc2)NC1O. The molecule has 180 valence electrons. The molecule has 7 heteroatoms. The summed E-state index contributed by atoms with van der Waals surface area (Å²) in [7, 11) is 1.55. The molecule has 0 bridgehead atoms. The van der Waals surface area contributed by atoms with Crippen molar-refractivity contribution in [2.45, 2.75) is 44.9 Å². The normalized spacial score (nSPS) is 19.1. The highest BCUT2D eigenvalue weighted by Gasteiger charge is 2.34. The monoisotopic (exact) mass is 470 g/mol. The fraction of sp³-hybridized carbons (Fsp3) is 0.333. The quantitative estimate of drug-likeness (QED) is 0.469. The van der Waals surface area contributed by atoms with Crippen molar-refractivity contribution >= 4 is 0 Å². The van der Waals surface area contributed by atoms with E-state index >= 15 is 0 Å². The first-order valence-corrected chi connectivity index (χ1v) is 11.3. The van der Waals surface area contributed by atoms with Crippen LogP contribution in [-0.4, -0.2) is 30.0 Å². The van der Waals surface area contributed by atoms with E-state index in [2.05, 4.69) is 19.2 Å². The molecule has 4 rings (SSSR count). The van der Waals surface area contributed by atoms with E-state index in [9.17, 15) is 18.3 Å². The number of nitrogens with zero attached hydrogens (tertiary/aromatic N) is 1. The Morgan fingerprint density at radius 2 is 1.76 bits per heavy atom. The molecule has 0 spiro atoms. The fourth-order valence-corrected chi connectivity index (χ4v) is 4.39. The Bertz CT molecular complexity index is 1130. The summed E-state index contributed by atoms with van der Waals surface area (Å²) in [6.45, 7) is 4.74. The topological polar surface area (TPSA) is 44.7 Å². The average Bonchev–Trinajstić information content (AvgIpc) is 3.18. The largest absolute Gasteiger partial charge is 0.496 e. The summed E-state index contributed by atoms with van der Waals surface area (Å²) in [4.78, 5) is 1.75. The zero-order valence-electron chi connectivity index (χ0n) is 19.4. The van der Waals surface area contributed by atoms with E-state index in [4.69, 9.17) is 4.74 Å². The number of hydrogen-bond acceptors (Lipinski definition) is 4. The van der Waals surface area contributed by atoms with E-state index in [1.165, 1.54) is 12.1 Å². The minimum absolute atomic E-state index is 0.121. The number of methoxy groups -OCH3 is 1. The van der Waals surface area contributed by atoms with Crippen molar-refractivity contribution in [2.75, 3.05) is 13.7 Å². The molecule has 3 aromatic carbocycles. The molecule has 0 aromatic heterocycles. The maximum absolute atomic E-state index is 13.6. The molecule has 34 heavy (non-hydrogen) atoms. The van der Waals surface area contributed by atoms with Gasteiger partial charge < -0.3 is 9.84 Å². The summed E-state index contributed by atoms with van der Waals surface area (Å²) in [6, 6.07) is 19.1. The minimum atomic E-state index is -4.47. The number of aliphatic hydroxyl groups excluding tert-OH is 1. The predicted molar refractivity (Wildman–Crippen MR) is 126 cm³/mol. The van der Waals surface area contributed by atoms with Gasteiger partial charge >= 0.3 is 6.18 Å². The predicted octanol–water partition coefficient (Wildman–Crippen LogP) is 5.93. The van der Waals surface area contributed by atoms with Crippen molar-refractivity contribution in [1.82, 2.24) is 10.2 Å². The lowest BCUT2D eigenvalue weighted by Gasteiger charge is -2.23. The highest BCUT2D eigenvalue weighted by Crippen LogP contribution is 2.39. The molecule has 3 aromatic rings. The van der Waals surface area contributed by atoms with E-state index in [1.54, 1.807) is 12.0 Å². The Hall–Kier alpha value is -2.87. The second kappa shape index (κ2) is 9.78. The van der Waals surface area contributed by atoms with Gasteiger partial charge in [-0.3, -0.25) is 10.2 Å². The number of hydrogen-bond donors (Lipinski definition) is 2. The van der Waals surface area contributed by atoms with Crippen LogP contribution >= 0.6 is 0 Å². The van der Waals surface area contributed by atoms with Gasteiger partial charge in [0.25, 0.3) is 0 Å². The van der Waals surface area contributed by atoms with Crippen molar-refractivity contribution in [2.24, 2.45) is 0 Å². The van der Waals surface area contributed by atoms with E-state index in [0.29, 0.717) is 23.4 Å². The summed E-state index contributed by atoms with van der Waals surface area (Å²) in [6.07, 6.45) is -5.44. The molecular weight excluding hydrogens is 441 g/mol. The minimum Gasteiger partial charge on any atom is -0.496 e. The number of rotatable bonds is 6. The molecule has 1 aliphatic rings. The molecule has 0 aliphatic carbocycles. The van der Waals surface area contributed by atoms with Crippen LogP contribution in [0.1, 0.15) is 48.1 Å². The third-order valence-electron chi connectivity index (χ3n) is 6.30. The highest BCUT2D eigenvalue weighted by atomic mass is 19.4. The summed E-state index contributed by atoms with van der Waals surface area (Å²) in [5, 5.41) is 13.8. The number of benzene rings is 3. The third kappa shape index (κ3) is 5.12. The molecule has 1 heterocycles. The van der Waals surface area contributed by atoms with Gasteiger partial charge in [0.1, 0.15) is 5.75 Å². The molecule has 1 aliphatic heterocycles. The molecule has 4 nitrogen and oxygen atoms in total. The van der Waals surface area contributed by atoms with Crippen molar-refractivity contribution in [1.29, 1.82) is 0 Å². The Balaban J connectivity index is 1.74. The van der Waals surface area contributed by atoms with E-state index in [0.717, 1.165) is 22.8 Å². The number of ether oxygens (including phenoxy) is 1. The molecule has 2 atom stereocenters. The second-order valence-electron chi connectivity index (χ2n) is 8.92. The molecule has 0 radical (unpaired) electrons. The van der Waals surface area contributed by atoms with Crippen LogP contribution in [0.5, 0.6) is 5.75 Å². The summed E-state index contributed by atoms with van der Waals surface area (Å²) in [5.74, 6) is 0.839. The lowest BCUT2D eigenvalue weighted by atomic mass is 9.92. The first kappa shape index (κ1) is 24.3. The van der Waals surface area contributed by atoms with Crippen LogP contribution in [0.15, 0.2) is 66.7 Å². The standard InChI is InChI=1S/C27H29F3N2O2/c1-17(2)19-9-12-25(34-3)23(14-19)22-11-10-21(27(28,29)30)13-20(22)15-32-16-24(31-26(32)33)18-7-5-4-6-8-18/h4-14,17,24,26,31,33H,15-16H2,1-3H3/t24-,26?/m0/s1. The summed E-state index contributed by atoms with van der Waals surface area (Å²) >= 11 is 0. The lowest BCUT2D eigenvalue weighted by Crippen LogP contribution is -2.35. The van der Waals surface area contributed by atoms with Gasteiger partial charge in [0.15, 0.2) is 6.35 Å². The molecule has 1 unspecified atom stereocenters. The van der Waals surface area contributed by atoms with Crippen molar-refractivity contribution in [3.05, 3.63) is 89.0 Å². The van der Waals surface area contributed by atoms with Crippen LogP contribution in [0.25, 0.3) is 11.1 Å². The fourth-order valence-electron chi connectivity index (χ4n) is 4.39. The van der Waals surface area contributed by atoms with Crippen LogP contribution in [0.3, 0.4) is 0 Å². The zero-order chi connectivity index (χ0) is 24.5. The Morgan fingerprint density at radius 1 is 1.03 bits per heavy atom. The Kier molecular flexibility index (Phi) is 6.98. The van der Waals surface area contributed by atoms with Crippen molar-refractivity contribution < 1.29 is 23.0 Å². The van der Waals surface area contributed by atoms with Gasteiger partial charge in [-0.2, -0.15) is 13.2 Å². The number of halogens is 3. The maximum Gasteiger partial charge on any atom is 0.416 e. The molecule has 0 amide bonds.